The summed E-state index contributed by atoms with van der Waals surface area (Å²) in [6.07, 6.45) is 11.2. The van der Waals surface area contributed by atoms with E-state index >= 15 is 0 Å². The molecule has 0 unspecified atom stereocenters. The van der Waals surface area contributed by atoms with Crippen molar-refractivity contribution in [1.29, 1.82) is 0 Å². The number of piperidine rings is 1. The number of ether oxygens (including phenoxy) is 1. The van der Waals surface area contributed by atoms with Crippen molar-refractivity contribution < 1.29 is 19.2 Å². The fourth-order valence-electron chi connectivity index (χ4n) is 6.96. The number of aryl methyl sites for hydroxylation is 1. The van der Waals surface area contributed by atoms with Crippen molar-refractivity contribution in [1.82, 2.24) is 34.6 Å². The normalized spacial score (nSPS) is 15.6. The second kappa shape index (κ2) is 14.3. The van der Waals surface area contributed by atoms with Gasteiger partial charge in [-0.3, -0.25) is 19.4 Å². The first kappa shape index (κ1) is 35.2. The van der Waals surface area contributed by atoms with Gasteiger partial charge in [0.05, 0.1) is 40.0 Å². The molecule has 1 spiro atoms. The molecule has 0 aliphatic carbocycles. The second-order valence-corrected chi connectivity index (χ2v) is 17.1. The number of halogens is 1. The van der Waals surface area contributed by atoms with E-state index in [1.54, 1.807) is 39.0 Å². The smallest absolute Gasteiger partial charge is 0.290 e. The van der Waals surface area contributed by atoms with E-state index in [1.807, 2.05) is 36.3 Å². The summed E-state index contributed by atoms with van der Waals surface area (Å²) in [5.41, 5.74) is 6.31. The first-order chi connectivity index (χ1) is 23.9. The maximum absolute atomic E-state index is 13.5. The lowest BCUT2D eigenvalue weighted by molar-refractivity contribution is -0.122. The second-order valence-electron chi connectivity index (χ2n) is 13.1. The van der Waals surface area contributed by atoms with Gasteiger partial charge in [-0.25, -0.2) is 4.98 Å². The number of carboxylic acid groups (broad SMARTS) is 1. The van der Waals surface area contributed by atoms with Gasteiger partial charge in [-0.1, -0.05) is 0 Å². The maximum Gasteiger partial charge on any atom is 0.290 e. The molecule has 2 aliphatic rings. The first-order valence-corrected chi connectivity index (χ1v) is 19.4. The van der Waals surface area contributed by atoms with E-state index in [-0.39, 0.29) is 6.47 Å². The number of nitrogens with zero attached hydrogens (tertiary/aromatic N) is 8. The molecule has 2 fully saturated rings. The molecule has 0 atom stereocenters. The van der Waals surface area contributed by atoms with Crippen LogP contribution in [0.3, 0.4) is 0 Å². The van der Waals surface area contributed by atoms with Gasteiger partial charge in [0.2, 0.25) is 5.95 Å². The number of nitrogens with one attached hydrogen (secondary N) is 2. The van der Waals surface area contributed by atoms with Gasteiger partial charge in [0.1, 0.15) is 24.2 Å². The van der Waals surface area contributed by atoms with Crippen LogP contribution < -0.4 is 25.6 Å². The minimum atomic E-state index is -2.76. The van der Waals surface area contributed by atoms with Crippen molar-refractivity contribution in [2.24, 2.45) is 12.5 Å². The van der Waals surface area contributed by atoms with Crippen LogP contribution in [0.15, 0.2) is 59.7 Å². The zero-order valence-electron chi connectivity index (χ0n) is 28.6. The van der Waals surface area contributed by atoms with E-state index < -0.39 is 7.14 Å². The summed E-state index contributed by atoms with van der Waals surface area (Å²) >= 11 is 3.59. The Bertz CT molecular complexity index is 2070. The SMILES string of the molecule is COc1cc(N2CCC3(CC2)CN(C)C3)c(-c2cnn(C)c2)cc1Nc1ncc(Br)c(Nc2ccc3nccnc3c2P(C)(C)=O)n1.O=CO. The Hall–Kier alpha value is -4.59. The molecule has 0 bridgehead atoms. The van der Waals surface area contributed by atoms with Gasteiger partial charge >= 0.3 is 0 Å². The molecule has 50 heavy (non-hydrogen) atoms. The summed E-state index contributed by atoms with van der Waals surface area (Å²) in [6.45, 7) is 7.55. The van der Waals surface area contributed by atoms with Crippen LogP contribution in [0.4, 0.5) is 28.8 Å². The number of methoxy groups -OCH3 is 1. The molecule has 7 rings (SSSR count). The zero-order valence-corrected chi connectivity index (χ0v) is 31.1. The minimum absolute atomic E-state index is 0.250. The van der Waals surface area contributed by atoms with Gasteiger partial charge in [-0.2, -0.15) is 10.1 Å². The Morgan fingerprint density at radius 1 is 1.02 bits per heavy atom. The molecular weight excluding hydrogens is 723 g/mol. The molecule has 16 heteroatoms. The average Bonchev–Trinajstić information content (AvgIpc) is 3.51. The van der Waals surface area contributed by atoms with Crippen molar-refractivity contribution in [2.75, 3.05) is 69.2 Å². The third-order valence-corrected chi connectivity index (χ3v) is 11.2. The molecule has 2 saturated heterocycles. The standard InChI is InChI=1S/C33H38BrN10O2P.CH2O2/c1-42-19-33(20-42)8-12-44(13-9-33)27-15-28(46-3)26(14-22(27)21-16-38-43(2)18-21)40-32-37-17-23(34)31(41-32)39-25-7-6-24-29(36-11-10-35-24)30(25)47(4,5)45;2-1-3/h6-7,10-11,14-18H,8-9,12-13,19-20H2,1-5H3,(H2,37,39,40,41);1H,(H,2,3). The number of aromatic nitrogens is 6. The van der Waals surface area contributed by atoms with Crippen molar-refractivity contribution in [3.05, 3.63) is 59.7 Å². The molecule has 3 aromatic heterocycles. The van der Waals surface area contributed by atoms with Crippen molar-refractivity contribution in [3.63, 3.8) is 0 Å². The van der Waals surface area contributed by atoms with Gasteiger partial charge in [0.25, 0.3) is 6.47 Å². The van der Waals surface area contributed by atoms with E-state index in [0.717, 1.165) is 35.6 Å². The molecule has 5 aromatic rings. The van der Waals surface area contributed by atoms with E-state index in [1.165, 1.54) is 25.9 Å². The van der Waals surface area contributed by atoms with Crippen molar-refractivity contribution >= 4 is 74.7 Å². The monoisotopic (exact) mass is 762 g/mol. The number of benzene rings is 2. The Balaban J connectivity index is 0.00000139. The largest absolute Gasteiger partial charge is 0.494 e. The van der Waals surface area contributed by atoms with E-state index in [2.05, 4.69) is 75.6 Å². The number of anilines is 5. The topological polar surface area (TPSA) is 164 Å². The maximum atomic E-state index is 13.5. The van der Waals surface area contributed by atoms with Crippen LogP contribution in [0, 0.1) is 5.41 Å². The molecular formula is C34H40BrN10O4P. The Kier molecular flexibility index (Phi) is 10.1. The quantitative estimate of drug-likeness (QED) is 0.133. The summed E-state index contributed by atoms with van der Waals surface area (Å²) in [5, 5.41) is 18.8. The highest BCUT2D eigenvalue weighted by Crippen LogP contribution is 2.45. The fourth-order valence-corrected chi connectivity index (χ4v) is 8.64. The van der Waals surface area contributed by atoms with Crippen LogP contribution in [0.2, 0.25) is 0 Å². The van der Waals surface area contributed by atoms with Gasteiger partial charge in [0, 0.05) is 80.9 Å². The van der Waals surface area contributed by atoms with E-state index in [0.29, 0.717) is 49.4 Å². The third kappa shape index (κ3) is 7.30. The molecule has 2 aromatic carbocycles. The highest BCUT2D eigenvalue weighted by Gasteiger charge is 2.43. The highest BCUT2D eigenvalue weighted by molar-refractivity contribution is 9.10. The number of rotatable bonds is 8. The molecule has 0 saturated carbocycles. The average molecular weight is 764 g/mol. The predicted octanol–water partition coefficient (Wildman–Crippen LogP) is 5.56. The van der Waals surface area contributed by atoms with Crippen LogP contribution >= 0.6 is 23.1 Å². The summed E-state index contributed by atoms with van der Waals surface area (Å²) in [7, 11) is 3.05. The minimum Gasteiger partial charge on any atom is -0.494 e. The van der Waals surface area contributed by atoms with Crippen LogP contribution in [-0.2, 0) is 16.4 Å². The van der Waals surface area contributed by atoms with Crippen LogP contribution in [0.1, 0.15) is 12.8 Å². The Morgan fingerprint density at radius 3 is 2.38 bits per heavy atom. The van der Waals surface area contributed by atoms with E-state index in [4.69, 9.17) is 19.6 Å². The highest BCUT2D eigenvalue weighted by atomic mass is 79.9. The van der Waals surface area contributed by atoms with Crippen LogP contribution in [-0.4, -0.2) is 99.9 Å². The third-order valence-electron chi connectivity index (χ3n) is 9.11. The number of hydrogen-bond donors (Lipinski definition) is 3. The van der Waals surface area contributed by atoms with Crippen LogP contribution in [0.5, 0.6) is 5.75 Å². The Morgan fingerprint density at radius 2 is 1.74 bits per heavy atom. The molecule has 14 nitrogen and oxygen atoms in total. The van der Waals surface area contributed by atoms with Crippen molar-refractivity contribution in [3.8, 4) is 16.9 Å². The lowest BCUT2D eigenvalue weighted by Crippen LogP contribution is -2.58. The predicted molar refractivity (Wildman–Crippen MR) is 200 cm³/mol. The summed E-state index contributed by atoms with van der Waals surface area (Å²) in [6, 6.07) is 7.92. The number of likely N-dealkylation sites (tertiary alicyclic amines) is 1. The molecule has 2 aliphatic heterocycles. The number of carbonyl (C=O) groups is 1. The molecule has 5 heterocycles. The first-order valence-electron chi connectivity index (χ1n) is 16.0. The molecule has 0 amide bonds. The Labute approximate surface area is 298 Å². The lowest BCUT2D eigenvalue weighted by atomic mass is 9.72. The van der Waals surface area contributed by atoms with Crippen molar-refractivity contribution in [2.45, 2.75) is 12.8 Å². The molecule has 0 radical (unpaired) electrons. The molecule has 262 valence electrons. The fraction of sp³-hybridized carbons (Fsp3) is 0.353. The summed E-state index contributed by atoms with van der Waals surface area (Å²) < 4.78 is 21.9. The molecule has 3 N–H and O–H groups in total. The van der Waals surface area contributed by atoms with Gasteiger partial charge < -0.3 is 34.8 Å². The van der Waals surface area contributed by atoms with Gasteiger partial charge in [-0.15, -0.1) is 0 Å². The van der Waals surface area contributed by atoms with Crippen LogP contribution in [0.25, 0.3) is 22.2 Å². The number of fused-ring (bicyclic) bond motifs is 1. The van der Waals surface area contributed by atoms with Gasteiger partial charge in [0.15, 0.2) is 0 Å². The lowest BCUT2D eigenvalue weighted by Gasteiger charge is -2.53. The zero-order chi connectivity index (χ0) is 35.6. The number of hydrogen-bond acceptors (Lipinski definition) is 12. The summed E-state index contributed by atoms with van der Waals surface area (Å²) in [5.74, 6) is 1.56. The van der Waals surface area contributed by atoms with E-state index in [9.17, 15) is 4.57 Å². The van der Waals surface area contributed by atoms with Gasteiger partial charge in [-0.05, 0) is 72.8 Å². The summed E-state index contributed by atoms with van der Waals surface area (Å²) in [4.78, 5) is 31.5.